The van der Waals surface area contributed by atoms with Gasteiger partial charge in [-0.3, -0.25) is 0 Å². The quantitative estimate of drug-likeness (QED) is 0.360. The molecule has 0 N–H and O–H groups in total. The Morgan fingerprint density at radius 2 is 2.05 bits per heavy atom. The summed E-state index contributed by atoms with van der Waals surface area (Å²) in [6.45, 7) is 10.4. The van der Waals surface area contributed by atoms with Gasteiger partial charge in [0.05, 0.1) is 5.60 Å². The van der Waals surface area contributed by atoms with Gasteiger partial charge in [-0.05, 0) is 65.1 Å². The van der Waals surface area contributed by atoms with E-state index in [1.807, 2.05) is 0 Å². The maximum atomic E-state index is 6.29. The van der Waals surface area contributed by atoms with Crippen LogP contribution in [-0.4, -0.2) is 33.4 Å². The molecule has 1 aliphatic rings. The highest BCUT2D eigenvalue weighted by atomic mass is 28.4. The Bertz CT molecular complexity index is 326. The molecule has 122 valence electrons. The van der Waals surface area contributed by atoms with Gasteiger partial charge < -0.3 is 13.9 Å². The molecule has 0 aromatic carbocycles. The van der Waals surface area contributed by atoms with Crippen molar-refractivity contribution in [3.63, 3.8) is 0 Å². The lowest BCUT2D eigenvalue weighted by Crippen LogP contribution is -2.40. The second-order valence-electron chi connectivity index (χ2n) is 7.17. The fraction of sp³-hybridized carbons (Fsp3) is 0.882. The van der Waals surface area contributed by atoms with E-state index in [0.717, 1.165) is 38.9 Å². The third-order valence-electron chi connectivity index (χ3n) is 3.57. The largest absolute Gasteiger partial charge is 0.411 e. The van der Waals surface area contributed by atoms with Crippen molar-refractivity contribution >= 4 is 8.32 Å². The Hall–Kier alpha value is -0.343. The summed E-state index contributed by atoms with van der Waals surface area (Å²) >= 11 is 0. The van der Waals surface area contributed by atoms with Crippen LogP contribution < -0.4 is 0 Å². The highest BCUT2D eigenvalue weighted by Crippen LogP contribution is 2.27. The molecule has 0 aromatic heterocycles. The van der Waals surface area contributed by atoms with E-state index < -0.39 is 8.32 Å². The molecule has 1 saturated heterocycles. The minimum Gasteiger partial charge on any atom is -0.411 e. The number of terminal acetylenes is 1. The number of hydrogen-bond donors (Lipinski definition) is 0. The number of ether oxygens (including phenoxy) is 2. The summed E-state index contributed by atoms with van der Waals surface area (Å²) in [5.41, 5.74) is -0.180. The van der Waals surface area contributed by atoms with Gasteiger partial charge in [-0.15, -0.1) is 12.3 Å². The van der Waals surface area contributed by atoms with Crippen molar-refractivity contribution in [2.24, 2.45) is 0 Å². The molecule has 3 nitrogen and oxygen atoms in total. The molecular formula is C17H32O3Si. The van der Waals surface area contributed by atoms with Gasteiger partial charge in [-0.1, -0.05) is 0 Å². The van der Waals surface area contributed by atoms with E-state index in [1.54, 1.807) is 0 Å². The molecule has 1 fully saturated rings. The number of rotatable bonds is 9. The van der Waals surface area contributed by atoms with Crippen molar-refractivity contribution in [1.29, 1.82) is 0 Å². The average Bonchev–Trinajstić information content (AvgIpc) is 2.37. The monoisotopic (exact) mass is 312 g/mol. The second-order valence-corrected chi connectivity index (χ2v) is 11.6. The van der Waals surface area contributed by atoms with Gasteiger partial charge in [0, 0.05) is 19.6 Å². The van der Waals surface area contributed by atoms with Crippen LogP contribution in [0.25, 0.3) is 0 Å². The van der Waals surface area contributed by atoms with Crippen LogP contribution in [0.15, 0.2) is 0 Å². The zero-order valence-corrected chi connectivity index (χ0v) is 15.2. The molecule has 0 bridgehead atoms. The normalized spacial score (nSPS) is 22.5. The van der Waals surface area contributed by atoms with Crippen LogP contribution >= 0.6 is 0 Å². The third-order valence-corrected chi connectivity index (χ3v) is 4.68. The Balaban J connectivity index is 2.22. The van der Waals surface area contributed by atoms with Gasteiger partial charge in [0.2, 0.25) is 0 Å². The van der Waals surface area contributed by atoms with Crippen LogP contribution in [0.2, 0.25) is 19.6 Å². The molecule has 0 aliphatic carbocycles. The molecule has 0 spiro atoms. The fourth-order valence-electron chi connectivity index (χ4n) is 2.79. The van der Waals surface area contributed by atoms with Crippen LogP contribution in [0.1, 0.15) is 51.9 Å². The molecule has 0 aromatic rings. The summed E-state index contributed by atoms with van der Waals surface area (Å²) in [5, 5.41) is 0. The Morgan fingerprint density at radius 1 is 1.29 bits per heavy atom. The van der Waals surface area contributed by atoms with Crippen LogP contribution in [0, 0.1) is 12.3 Å². The van der Waals surface area contributed by atoms with Crippen LogP contribution in [0.5, 0.6) is 0 Å². The lowest BCUT2D eigenvalue weighted by atomic mass is 9.96. The summed E-state index contributed by atoms with van der Waals surface area (Å²) in [6, 6.07) is 0. The van der Waals surface area contributed by atoms with Crippen molar-refractivity contribution in [3.05, 3.63) is 0 Å². The second kappa shape index (κ2) is 8.95. The summed E-state index contributed by atoms with van der Waals surface area (Å²) in [6.07, 6.45) is 12.7. The van der Waals surface area contributed by atoms with Crippen molar-refractivity contribution in [1.82, 2.24) is 0 Å². The Morgan fingerprint density at radius 3 is 2.62 bits per heavy atom. The topological polar surface area (TPSA) is 27.7 Å². The van der Waals surface area contributed by atoms with Gasteiger partial charge in [-0.25, -0.2) is 0 Å². The Kier molecular flexibility index (Phi) is 7.97. The van der Waals surface area contributed by atoms with Crippen LogP contribution in [0.4, 0.5) is 0 Å². The molecule has 0 saturated carbocycles. The smallest absolute Gasteiger partial charge is 0.184 e. The molecular weight excluding hydrogens is 280 g/mol. The molecule has 21 heavy (non-hydrogen) atoms. The van der Waals surface area contributed by atoms with Gasteiger partial charge in [0.25, 0.3) is 0 Å². The molecule has 0 amide bonds. The first kappa shape index (κ1) is 18.7. The zero-order chi connectivity index (χ0) is 15.8. The lowest BCUT2D eigenvalue weighted by Gasteiger charge is -2.35. The third kappa shape index (κ3) is 8.62. The van der Waals surface area contributed by atoms with Crippen molar-refractivity contribution in [2.75, 3.05) is 13.2 Å². The molecule has 2 atom stereocenters. The van der Waals surface area contributed by atoms with Crippen molar-refractivity contribution < 1.29 is 13.9 Å². The lowest BCUT2D eigenvalue weighted by molar-refractivity contribution is -0.163. The molecule has 1 heterocycles. The van der Waals surface area contributed by atoms with Crippen molar-refractivity contribution in [3.8, 4) is 12.3 Å². The highest BCUT2D eigenvalue weighted by molar-refractivity contribution is 6.69. The molecule has 0 radical (unpaired) electrons. The van der Waals surface area contributed by atoms with E-state index in [1.165, 1.54) is 12.8 Å². The predicted molar refractivity (Wildman–Crippen MR) is 89.7 cm³/mol. The zero-order valence-electron chi connectivity index (χ0n) is 14.2. The molecule has 0 unspecified atom stereocenters. The summed E-state index contributed by atoms with van der Waals surface area (Å²) < 4.78 is 17.6. The first-order valence-corrected chi connectivity index (χ1v) is 11.6. The van der Waals surface area contributed by atoms with Crippen LogP contribution in [0.3, 0.4) is 0 Å². The summed E-state index contributed by atoms with van der Waals surface area (Å²) in [5.74, 6) is 2.77. The predicted octanol–water partition coefficient (Wildman–Crippen LogP) is 4.33. The summed E-state index contributed by atoms with van der Waals surface area (Å²) in [7, 11) is -1.57. The van der Waals surface area contributed by atoms with Gasteiger partial charge in [0.1, 0.15) is 0 Å². The SMILES string of the molecule is C#CC[C@](C)(CCCCO[C@H]1CCCCO1)O[Si](C)(C)C. The Labute approximate surface area is 131 Å². The molecule has 1 rings (SSSR count). The standard InChI is InChI=1S/C17H32O3Si/c1-6-12-17(2,20-21(3,4)5)13-8-10-15-19-16-11-7-9-14-18-16/h1,16H,7-15H2,2-5H3/t16-,17+/m0/s1. The molecule has 4 heteroatoms. The van der Waals surface area contributed by atoms with Gasteiger partial charge >= 0.3 is 0 Å². The van der Waals surface area contributed by atoms with E-state index in [2.05, 4.69) is 32.5 Å². The average molecular weight is 313 g/mol. The minimum absolute atomic E-state index is 0.0223. The van der Waals surface area contributed by atoms with E-state index in [4.69, 9.17) is 20.3 Å². The van der Waals surface area contributed by atoms with Gasteiger partial charge in [0.15, 0.2) is 14.6 Å². The fourth-order valence-corrected chi connectivity index (χ4v) is 4.44. The maximum Gasteiger partial charge on any atom is 0.184 e. The van der Waals surface area contributed by atoms with E-state index >= 15 is 0 Å². The first-order valence-electron chi connectivity index (χ1n) is 8.21. The maximum absolute atomic E-state index is 6.29. The van der Waals surface area contributed by atoms with E-state index in [9.17, 15) is 0 Å². The van der Waals surface area contributed by atoms with E-state index in [-0.39, 0.29) is 11.9 Å². The summed E-state index contributed by atoms with van der Waals surface area (Å²) in [4.78, 5) is 0. The van der Waals surface area contributed by atoms with E-state index in [0.29, 0.717) is 6.42 Å². The molecule has 1 aliphatic heterocycles. The van der Waals surface area contributed by atoms with Gasteiger partial charge in [-0.2, -0.15) is 0 Å². The van der Waals surface area contributed by atoms with Crippen LogP contribution in [-0.2, 0) is 13.9 Å². The first-order chi connectivity index (χ1) is 9.85. The minimum atomic E-state index is -1.57. The van der Waals surface area contributed by atoms with Crippen molar-refractivity contribution in [2.45, 2.75) is 83.4 Å². The highest BCUT2D eigenvalue weighted by Gasteiger charge is 2.30. The number of hydrogen-bond acceptors (Lipinski definition) is 3. The number of unbranched alkanes of at least 4 members (excludes halogenated alkanes) is 1.